The molecule has 0 heterocycles. The number of nitro groups is 2. The Morgan fingerprint density at radius 2 is 1.14 bits per heavy atom. The first-order valence-corrected chi connectivity index (χ1v) is 18.1. The third-order valence-electron chi connectivity index (χ3n) is 6.42. The van der Waals surface area contributed by atoms with Gasteiger partial charge in [-0.1, -0.05) is 97.2 Å². The van der Waals surface area contributed by atoms with Crippen LogP contribution in [0.2, 0.25) is 38.3 Å². The average molecular weight is 523 g/mol. The Labute approximate surface area is 212 Å². The number of non-ortho nitro benzene ring substituents is 2. The van der Waals surface area contributed by atoms with E-state index in [1.54, 1.807) is 0 Å². The van der Waals surface area contributed by atoms with E-state index in [2.05, 4.69) is 50.5 Å². The van der Waals surface area contributed by atoms with Gasteiger partial charge in [0.1, 0.15) is 0 Å². The number of ether oxygens (including phenoxy) is 1. The summed E-state index contributed by atoms with van der Waals surface area (Å²) < 4.78 is 6.01. The van der Waals surface area contributed by atoms with Gasteiger partial charge in [-0.15, -0.1) is 0 Å². The summed E-state index contributed by atoms with van der Waals surface area (Å²) in [6.07, 6.45) is -0.445. The molecule has 0 aliphatic heterocycles. The maximum absolute atomic E-state index is 13.2. The van der Waals surface area contributed by atoms with Crippen molar-refractivity contribution in [1.29, 1.82) is 0 Å². The lowest BCUT2D eigenvalue weighted by molar-refractivity contribution is -0.394. The summed E-state index contributed by atoms with van der Waals surface area (Å²) in [6.45, 7) is 8.88. The Bertz CT molecular complexity index is 1160. The molecule has 0 spiro atoms. The van der Waals surface area contributed by atoms with Crippen LogP contribution in [0.4, 0.5) is 11.4 Å². The maximum Gasteiger partial charge on any atom is 0.338 e. The predicted octanol–water partition coefficient (Wildman–Crippen LogP) is 5.26. The quantitative estimate of drug-likeness (QED) is 0.155. The Morgan fingerprint density at radius 3 is 1.50 bits per heavy atom. The van der Waals surface area contributed by atoms with Crippen LogP contribution in [0, 0.1) is 20.2 Å². The van der Waals surface area contributed by atoms with E-state index in [1.807, 2.05) is 36.4 Å². The minimum Gasteiger partial charge on any atom is -0.459 e. The zero-order valence-electron chi connectivity index (χ0n) is 20.8. The highest BCUT2D eigenvalue weighted by Crippen LogP contribution is 2.27. The molecule has 0 fully saturated rings. The van der Waals surface area contributed by atoms with Gasteiger partial charge in [-0.2, -0.15) is 0 Å². The Balaban J connectivity index is 1.95. The summed E-state index contributed by atoms with van der Waals surface area (Å²) >= 11 is 0. The van der Waals surface area contributed by atoms with Gasteiger partial charge < -0.3 is 4.74 Å². The van der Waals surface area contributed by atoms with E-state index in [9.17, 15) is 25.0 Å². The predicted molar refractivity (Wildman–Crippen MR) is 146 cm³/mol. The van der Waals surface area contributed by atoms with Crippen LogP contribution in [-0.4, -0.2) is 38.1 Å². The van der Waals surface area contributed by atoms with Gasteiger partial charge in [0.05, 0.1) is 43.7 Å². The molecule has 0 bridgehead atoms. The van der Waals surface area contributed by atoms with Crippen molar-refractivity contribution in [3.05, 3.63) is 105 Å². The summed E-state index contributed by atoms with van der Waals surface area (Å²) in [5, 5.41) is 25.1. The molecule has 3 rings (SSSR count). The van der Waals surface area contributed by atoms with Gasteiger partial charge in [0.2, 0.25) is 0 Å². The molecular formula is C26H30N2O6Si2. The highest BCUT2D eigenvalue weighted by molar-refractivity contribution is 6.91. The molecule has 3 aromatic rings. The lowest BCUT2D eigenvalue weighted by Gasteiger charge is -2.33. The minimum atomic E-state index is -2.04. The van der Waals surface area contributed by atoms with E-state index >= 15 is 0 Å². The van der Waals surface area contributed by atoms with Gasteiger partial charge in [-0.3, -0.25) is 20.2 Å². The second-order valence-corrected chi connectivity index (χ2v) is 19.7. The summed E-state index contributed by atoms with van der Waals surface area (Å²) in [7, 11) is -4.08. The van der Waals surface area contributed by atoms with Crippen molar-refractivity contribution in [3.63, 3.8) is 0 Å². The average Bonchev–Trinajstić information content (AvgIpc) is 2.84. The van der Waals surface area contributed by atoms with Crippen LogP contribution in [0.3, 0.4) is 0 Å². The van der Waals surface area contributed by atoms with Crippen LogP contribution in [0.1, 0.15) is 10.4 Å². The SMILES string of the molecule is C[Si](C)(CC(C[Si](C)(C)c1ccccc1)OC(=O)c1cc([N+](=O)[O-])cc([N+](=O)[O-])c1)c1ccccc1. The van der Waals surface area contributed by atoms with E-state index in [0.29, 0.717) is 12.1 Å². The van der Waals surface area contributed by atoms with Crippen LogP contribution in [0.15, 0.2) is 78.9 Å². The van der Waals surface area contributed by atoms with E-state index in [1.165, 1.54) is 10.4 Å². The van der Waals surface area contributed by atoms with Crippen molar-refractivity contribution in [1.82, 2.24) is 0 Å². The van der Waals surface area contributed by atoms with E-state index < -0.39 is 49.4 Å². The summed E-state index contributed by atoms with van der Waals surface area (Å²) in [5.41, 5.74) is -1.24. The van der Waals surface area contributed by atoms with Gasteiger partial charge in [0.15, 0.2) is 0 Å². The van der Waals surface area contributed by atoms with Gasteiger partial charge in [-0.25, -0.2) is 4.79 Å². The number of hydrogen-bond acceptors (Lipinski definition) is 6. The lowest BCUT2D eigenvalue weighted by Crippen LogP contribution is -2.49. The molecule has 0 atom stereocenters. The largest absolute Gasteiger partial charge is 0.459 e. The molecule has 0 aliphatic carbocycles. The van der Waals surface area contributed by atoms with Crippen LogP contribution < -0.4 is 10.4 Å². The molecule has 0 saturated carbocycles. The molecule has 0 amide bonds. The van der Waals surface area contributed by atoms with Gasteiger partial charge in [0.25, 0.3) is 11.4 Å². The molecular weight excluding hydrogens is 492 g/mol. The van der Waals surface area contributed by atoms with Crippen LogP contribution >= 0.6 is 0 Å². The molecule has 8 nitrogen and oxygen atoms in total. The first kappa shape index (κ1) is 27.0. The van der Waals surface area contributed by atoms with Gasteiger partial charge >= 0.3 is 5.97 Å². The molecule has 10 heteroatoms. The Morgan fingerprint density at radius 1 is 0.750 bits per heavy atom. The number of carbonyl (C=O) groups is 1. The van der Waals surface area contributed by atoms with E-state index in [-0.39, 0.29) is 5.56 Å². The minimum absolute atomic E-state index is 0.195. The van der Waals surface area contributed by atoms with Gasteiger partial charge in [-0.05, 0) is 12.1 Å². The van der Waals surface area contributed by atoms with Crippen LogP contribution in [-0.2, 0) is 4.74 Å². The van der Waals surface area contributed by atoms with Crippen molar-refractivity contribution in [2.75, 3.05) is 0 Å². The molecule has 0 aromatic heterocycles. The summed E-state index contributed by atoms with van der Waals surface area (Å²) in [4.78, 5) is 34.3. The summed E-state index contributed by atoms with van der Waals surface area (Å²) in [5.74, 6) is -0.789. The number of carbonyl (C=O) groups excluding carboxylic acids is 1. The van der Waals surface area contributed by atoms with Crippen molar-refractivity contribution in [3.8, 4) is 0 Å². The Kier molecular flexibility index (Phi) is 8.21. The zero-order valence-corrected chi connectivity index (χ0v) is 22.8. The fourth-order valence-corrected chi connectivity index (χ4v) is 10.1. The molecule has 0 unspecified atom stereocenters. The topological polar surface area (TPSA) is 113 Å². The zero-order chi connectivity index (χ0) is 26.5. The monoisotopic (exact) mass is 522 g/mol. The number of nitrogens with zero attached hydrogens (tertiary/aromatic N) is 2. The fourth-order valence-electron chi connectivity index (χ4n) is 4.45. The van der Waals surface area contributed by atoms with Crippen LogP contribution in [0.5, 0.6) is 0 Å². The second-order valence-electron chi connectivity index (χ2n) is 10.2. The van der Waals surface area contributed by atoms with Crippen molar-refractivity contribution >= 4 is 43.9 Å². The molecule has 36 heavy (non-hydrogen) atoms. The van der Waals surface area contributed by atoms with Crippen molar-refractivity contribution in [2.24, 2.45) is 0 Å². The normalized spacial score (nSPS) is 11.8. The number of rotatable bonds is 10. The first-order valence-electron chi connectivity index (χ1n) is 11.6. The number of benzene rings is 3. The first-order chi connectivity index (χ1) is 16.9. The smallest absolute Gasteiger partial charge is 0.338 e. The third kappa shape index (κ3) is 6.73. The molecule has 188 valence electrons. The third-order valence-corrected chi connectivity index (χ3v) is 13.2. The van der Waals surface area contributed by atoms with Crippen molar-refractivity contribution in [2.45, 2.75) is 44.4 Å². The van der Waals surface area contributed by atoms with E-state index in [0.717, 1.165) is 18.2 Å². The number of esters is 1. The highest BCUT2D eigenvalue weighted by atomic mass is 28.3. The molecule has 0 aliphatic rings. The second kappa shape index (κ2) is 11.0. The molecule has 0 saturated heterocycles. The standard InChI is InChI=1S/C26H30N2O6Si2/c1-35(2,24-11-7-5-8-12-24)18-23(19-36(3,4)25-13-9-6-10-14-25)34-26(29)20-15-21(27(30)31)17-22(16-20)28(32)33/h5-17,23H,18-19H2,1-4H3. The Hall–Kier alpha value is -3.64. The highest BCUT2D eigenvalue weighted by Gasteiger charge is 2.35. The van der Waals surface area contributed by atoms with Crippen LogP contribution in [0.25, 0.3) is 0 Å². The van der Waals surface area contributed by atoms with E-state index in [4.69, 9.17) is 4.74 Å². The molecule has 3 aromatic carbocycles. The summed E-state index contributed by atoms with van der Waals surface area (Å²) in [6, 6.07) is 24.5. The molecule has 0 radical (unpaired) electrons. The molecule has 0 N–H and O–H groups in total. The maximum atomic E-state index is 13.2. The van der Waals surface area contributed by atoms with Gasteiger partial charge in [0, 0.05) is 12.1 Å². The van der Waals surface area contributed by atoms with Crippen molar-refractivity contribution < 1.29 is 19.4 Å². The number of hydrogen-bond donors (Lipinski definition) is 0. The fraction of sp³-hybridized carbons (Fsp3) is 0.269. The number of nitro benzene ring substituents is 2. The lowest BCUT2D eigenvalue weighted by atomic mass is 10.2.